The van der Waals surface area contributed by atoms with Crippen molar-refractivity contribution in [2.24, 2.45) is 0 Å². The zero-order chi connectivity index (χ0) is 39.6. The molecule has 2 aromatic heterocycles. The van der Waals surface area contributed by atoms with Crippen LogP contribution in [0.4, 0.5) is 0 Å². The van der Waals surface area contributed by atoms with E-state index < -0.39 is 5.41 Å². The van der Waals surface area contributed by atoms with Crippen LogP contribution in [0, 0.1) is 0 Å². The molecule has 4 nitrogen and oxygen atoms in total. The van der Waals surface area contributed by atoms with Gasteiger partial charge in [-0.25, -0.2) is 15.0 Å². The van der Waals surface area contributed by atoms with Gasteiger partial charge in [-0.1, -0.05) is 176 Å². The highest BCUT2D eigenvalue weighted by Gasteiger charge is 2.50. The molecule has 0 fully saturated rings. The summed E-state index contributed by atoms with van der Waals surface area (Å²) in [5, 5.41) is 1.13. The average molecular weight is 783 g/mol. The number of fused-ring (bicyclic) bond motifs is 10. The number of para-hydroxylation sites is 1. The minimum absolute atomic E-state index is 0.602. The maximum absolute atomic E-state index is 5.28. The van der Waals surface area contributed by atoms with Gasteiger partial charge in [0.25, 0.3) is 0 Å². The Morgan fingerprint density at radius 1 is 0.333 bits per heavy atom. The van der Waals surface area contributed by atoms with Gasteiger partial charge in [-0.3, -0.25) is 4.98 Å². The number of rotatable bonds is 5. The molecule has 12 rings (SSSR count). The normalized spacial score (nSPS) is 13.1. The van der Waals surface area contributed by atoms with Gasteiger partial charge in [0.1, 0.15) is 0 Å². The lowest BCUT2D eigenvalue weighted by atomic mass is 9.66. The van der Waals surface area contributed by atoms with E-state index in [0.29, 0.717) is 17.5 Å². The molecule has 5 heteroatoms. The van der Waals surface area contributed by atoms with Gasteiger partial charge >= 0.3 is 0 Å². The van der Waals surface area contributed by atoms with Gasteiger partial charge < -0.3 is 0 Å². The van der Waals surface area contributed by atoms with E-state index >= 15 is 0 Å². The van der Waals surface area contributed by atoms with Crippen molar-refractivity contribution in [1.29, 1.82) is 0 Å². The van der Waals surface area contributed by atoms with Gasteiger partial charge in [-0.05, 0) is 86.5 Å². The van der Waals surface area contributed by atoms with Crippen LogP contribution in [-0.4, -0.2) is 19.9 Å². The zero-order valence-electron chi connectivity index (χ0n) is 32.3. The van der Waals surface area contributed by atoms with Crippen molar-refractivity contribution >= 4 is 22.7 Å². The monoisotopic (exact) mass is 782 g/mol. The zero-order valence-corrected chi connectivity index (χ0v) is 33.1. The Morgan fingerprint density at radius 3 is 1.53 bits per heavy atom. The Morgan fingerprint density at radius 2 is 0.833 bits per heavy atom. The van der Waals surface area contributed by atoms with Crippen LogP contribution >= 0.6 is 11.8 Å². The molecule has 0 radical (unpaired) electrons. The molecule has 0 atom stereocenters. The predicted octanol–water partition coefficient (Wildman–Crippen LogP) is 13.6. The molecule has 0 amide bonds. The van der Waals surface area contributed by atoms with Crippen LogP contribution in [0.5, 0.6) is 0 Å². The molecule has 1 aliphatic heterocycles. The number of benzene rings is 8. The number of hydrogen-bond acceptors (Lipinski definition) is 5. The Bertz CT molecular complexity index is 3260. The van der Waals surface area contributed by atoms with Crippen molar-refractivity contribution in [3.63, 3.8) is 0 Å². The minimum atomic E-state index is -0.602. The SMILES string of the molecule is c1ccc(-c2cccc(-c3nc(-c4ccccc4)nc(-c4ccc5c(c4)C4(c6cc(-c7cccc8cccnc78)ccc6S5)c5ccccc5-c5ccccc54)n3)c2)cc1. The van der Waals surface area contributed by atoms with E-state index in [1.54, 1.807) is 0 Å². The van der Waals surface area contributed by atoms with Crippen molar-refractivity contribution in [3.8, 4) is 67.5 Å². The largest absolute Gasteiger partial charge is 0.256 e. The molecule has 8 aromatic carbocycles. The highest BCUT2D eigenvalue weighted by atomic mass is 32.2. The second-order valence-corrected chi connectivity index (χ2v) is 16.4. The van der Waals surface area contributed by atoms with Gasteiger partial charge in [-0.15, -0.1) is 0 Å². The van der Waals surface area contributed by atoms with E-state index in [1.165, 1.54) is 43.2 Å². The Hall–Kier alpha value is -7.47. The lowest BCUT2D eigenvalue weighted by Gasteiger charge is -2.40. The molecule has 1 aliphatic carbocycles. The second kappa shape index (κ2) is 13.8. The number of nitrogens with zero attached hydrogens (tertiary/aromatic N) is 4. The van der Waals surface area contributed by atoms with Crippen LogP contribution in [-0.2, 0) is 5.41 Å². The van der Waals surface area contributed by atoms with Gasteiger partial charge in [0.05, 0.1) is 10.9 Å². The summed E-state index contributed by atoms with van der Waals surface area (Å²) in [5.74, 6) is 1.90. The van der Waals surface area contributed by atoms with E-state index in [2.05, 4.69) is 170 Å². The van der Waals surface area contributed by atoms with Gasteiger partial charge in [0.2, 0.25) is 0 Å². The van der Waals surface area contributed by atoms with Gasteiger partial charge in [-0.2, -0.15) is 0 Å². The van der Waals surface area contributed by atoms with Gasteiger partial charge in [0.15, 0.2) is 17.5 Å². The van der Waals surface area contributed by atoms with Crippen LogP contribution in [0.1, 0.15) is 22.3 Å². The molecule has 0 unspecified atom stereocenters. The molecule has 0 N–H and O–H groups in total. The molecule has 0 bridgehead atoms. The quantitative estimate of drug-likeness (QED) is 0.174. The summed E-state index contributed by atoms with van der Waals surface area (Å²) in [5.41, 5.74) is 15.3. The average Bonchev–Trinajstić information content (AvgIpc) is 3.62. The Balaban J connectivity index is 1.10. The predicted molar refractivity (Wildman–Crippen MR) is 244 cm³/mol. The minimum Gasteiger partial charge on any atom is -0.256 e. The topological polar surface area (TPSA) is 51.6 Å². The first kappa shape index (κ1) is 34.6. The number of hydrogen-bond donors (Lipinski definition) is 0. The summed E-state index contributed by atoms with van der Waals surface area (Å²) in [6, 6.07) is 71.4. The highest BCUT2D eigenvalue weighted by molar-refractivity contribution is 7.99. The third-order valence-corrected chi connectivity index (χ3v) is 13.2. The van der Waals surface area contributed by atoms with Crippen LogP contribution in [0.2, 0.25) is 0 Å². The Kier molecular flexibility index (Phi) is 7.97. The molecule has 10 aromatic rings. The van der Waals surface area contributed by atoms with Crippen molar-refractivity contribution < 1.29 is 0 Å². The third-order valence-electron chi connectivity index (χ3n) is 12.0. The van der Waals surface area contributed by atoms with E-state index in [4.69, 9.17) is 19.9 Å². The molecular formula is C55H34N4S. The van der Waals surface area contributed by atoms with E-state index in [0.717, 1.165) is 49.8 Å². The van der Waals surface area contributed by atoms with Crippen molar-refractivity contribution in [2.75, 3.05) is 0 Å². The fraction of sp³-hybridized carbons (Fsp3) is 0.0182. The summed E-state index contributed by atoms with van der Waals surface area (Å²) in [6.45, 7) is 0. The van der Waals surface area contributed by atoms with Crippen LogP contribution in [0.15, 0.2) is 216 Å². The van der Waals surface area contributed by atoms with Crippen molar-refractivity contribution in [3.05, 3.63) is 229 Å². The summed E-state index contributed by atoms with van der Waals surface area (Å²) >= 11 is 1.83. The molecule has 1 spiro atoms. The smallest absolute Gasteiger partial charge is 0.164 e. The fourth-order valence-corrected chi connectivity index (χ4v) is 10.5. The summed E-state index contributed by atoms with van der Waals surface area (Å²) in [7, 11) is 0. The highest BCUT2D eigenvalue weighted by Crippen LogP contribution is 2.62. The lowest BCUT2D eigenvalue weighted by Crippen LogP contribution is -2.32. The molecule has 2 aliphatic rings. The van der Waals surface area contributed by atoms with E-state index in [-0.39, 0.29) is 0 Å². The molecular weight excluding hydrogens is 749 g/mol. The Labute approximate surface area is 352 Å². The summed E-state index contributed by atoms with van der Waals surface area (Å²) < 4.78 is 0. The third kappa shape index (κ3) is 5.40. The van der Waals surface area contributed by atoms with E-state index in [1.807, 2.05) is 48.3 Å². The maximum Gasteiger partial charge on any atom is 0.164 e. The van der Waals surface area contributed by atoms with Crippen LogP contribution in [0.3, 0.4) is 0 Å². The molecule has 280 valence electrons. The second-order valence-electron chi connectivity index (χ2n) is 15.4. The van der Waals surface area contributed by atoms with Crippen LogP contribution in [0.25, 0.3) is 78.4 Å². The molecule has 0 saturated carbocycles. The molecule has 3 heterocycles. The molecule has 0 saturated heterocycles. The number of aromatic nitrogens is 4. The standard InChI is InChI=1S/C55H34N4S/c1-3-14-35(15-4-1)38-19-11-20-40(32-38)53-57-52(37-16-5-2-6-17-37)58-54(59-53)41-28-30-50-48(34-41)55(45-25-9-7-22-43(45)44-23-8-10-26-46(44)55)47-33-39(27-29-49(47)60-50)42-24-12-18-36-21-13-31-56-51(36)42/h1-34H. The first-order chi connectivity index (χ1) is 29.7. The maximum atomic E-state index is 5.28. The van der Waals surface area contributed by atoms with Gasteiger partial charge in [0, 0.05) is 43.6 Å². The summed E-state index contributed by atoms with van der Waals surface area (Å²) in [6.07, 6.45) is 1.89. The first-order valence-corrected chi connectivity index (χ1v) is 21.0. The first-order valence-electron chi connectivity index (χ1n) is 20.2. The van der Waals surface area contributed by atoms with Crippen LogP contribution < -0.4 is 0 Å². The fourth-order valence-electron chi connectivity index (χ4n) is 9.37. The summed E-state index contributed by atoms with van der Waals surface area (Å²) in [4.78, 5) is 22.9. The van der Waals surface area contributed by atoms with E-state index in [9.17, 15) is 0 Å². The van der Waals surface area contributed by atoms with Crippen molar-refractivity contribution in [2.45, 2.75) is 15.2 Å². The van der Waals surface area contributed by atoms with Crippen molar-refractivity contribution in [1.82, 2.24) is 19.9 Å². The lowest BCUT2D eigenvalue weighted by molar-refractivity contribution is 0.723. The number of pyridine rings is 1. The molecule has 60 heavy (non-hydrogen) atoms.